The van der Waals surface area contributed by atoms with E-state index in [9.17, 15) is 14.7 Å². The number of carboxylic acids is 1. The minimum absolute atomic E-state index is 0.0877. The highest BCUT2D eigenvalue weighted by molar-refractivity contribution is 5.92. The summed E-state index contributed by atoms with van der Waals surface area (Å²) in [7, 11) is 0. The van der Waals surface area contributed by atoms with Crippen LogP contribution in [0, 0.1) is 45.3 Å². The number of Topliss-reactive ketones (excluding diaryl/α,β-unsaturated/α-hetero) is 1. The summed E-state index contributed by atoms with van der Waals surface area (Å²) in [6.07, 6.45) is 7.37. The van der Waals surface area contributed by atoms with Crippen molar-refractivity contribution in [2.45, 2.75) is 65.7 Å². The Morgan fingerprint density at radius 2 is 1.87 bits per heavy atom. The number of rotatable bonds is 1. The van der Waals surface area contributed by atoms with E-state index < -0.39 is 11.4 Å². The van der Waals surface area contributed by atoms with Crippen molar-refractivity contribution >= 4 is 11.8 Å². The van der Waals surface area contributed by atoms with E-state index in [0.717, 1.165) is 32.1 Å². The van der Waals surface area contributed by atoms with Crippen LogP contribution in [0.15, 0.2) is 0 Å². The van der Waals surface area contributed by atoms with Crippen LogP contribution in [0.2, 0.25) is 0 Å². The number of carbonyl (C=O) groups is 2. The third-order valence-corrected chi connectivity index (χ3v) is 9.47. The predicted octanol–water partition coefficient (Wildman–Crippen LogP) is 3.91. The molecule has 0 aromatic rings. The highest BCUT2D eigenvalue weighted by Crippen LogP contribution is 2.84. The predicted molar refractivity (Wildman–Crippen MR) is 85.7 cm³/mol. The van der Waals surface area contributed by atoms with Crippen molar-refractivity contribution < 1.29 is 14.7 Å². The van der Waals surface area contributed by atoms with Gasteiger partial charge < -0.3 is 5.11 Å². The van der Waals surface area contributed by atoms with Gasteiger partial charge in [0.2, 0.25) is 0 Å². The maximum atomic E-state index is 13.3. The molecule has 0 aromatic heterocycles. The Hall–Kier alpha value is -0.860. The number of carboxylic acid groups (broad SMARTS) is 1. The van der Waals surface area contributed by atoms with Gasteiger partial charge in [-0.3, -0.25) is 9.59 Å². The molecule has 23 heavy (non-hydrogen) atoms. The molecule has 4 bridgehead atoms. The fourth-order valence-electron chi connectivity index (χ4n) is 8.70. The average molecular weight is 316 g/mol. The lowest BCUT2D eigenvalue weighted by molar-refractivity contribution is -0.189. The summed E-state index contributed by atoms with van der Waals surface area (Å²) in [5.41, 5.74) is -0.202. The highest BCUT2D eigenvalue weighted by atomic mass is 16.4. The number of carbonyl (C=O) groups excluding carboxylic acids is 1. The Morgan fingerprint density at radius 1 is 1.13 bits per heavy atom. The van der Waals surface area contributed by atoms with Gasteiger partial charge in [-0.05, 0) is 73.5 Å². The average Bonchev–Trinajstić information content (AvgIpc) is 2.91. The standard InChI is InChI=1S/C20H28O3/c1-17-6-4-7-18(2,16(22)23)12(17)5-8-20-9-11-13(14(21)15(17)20)19(11,3)10-20/h11-13,15H,4-10H2,1-3H3,(H,22,23). The van der Waals surface area contributed by atoms with E-state index in [-0.39, 0.29) is 22.7 Å². The first-order valence-corrected chi connectivity index (χ1v) is 9.46. The Bertz CT molecular complexity index is 641. The molecule has 8 unspecified atom stereocenters. The molecule has 3 heteroatoms. The minimum atomic E-state index is -0.643. The summed E-state index contributed by atoms with van der Waals surface area (Å²) in [6.45, 7) is 6.56. The van der Waals surface area contributed by atoms with Crippen molar-refractivity contribution in [2.24, 2.45) is 45.3 Å². The molecule has 0 amide bonds. The first kappa shape index (κ1) is 14.5. The van der Waals surface area contributed by atoms with E-state index in [1.807, 2.05) is 6.92 Å². The molecule has 126 valence electrons. The van der Waals surface area contributed by atoms with Crippen LogP contribution in [0.25, 0.3) is 0 Å². The van der Waals surface area contributed by atoms with E-state index in [4.69, 9.17) is 0 Å². The molecular formula is C20H28O3. The Balaban J connectivity index is 1.61. The lowest BCUT2D eigenvalue weighted by Gasteiger charge is -2.63. The van der Waals surface area contributed by atoms with Crippen LogP contribution in [-0.2, 0) is 9.59 Å². The van der Waals surface area contributed by atoms with Gasteiger partial charge in [0.15, 0.2) is 0 Å². The molecule has 6 aliphatic carbocycles. The van der Waals surface area contributed by atoms with E-state index >= 15 is 0 Å². The third-order valence-electron chi connectivity index (χ3n) is 9.47. The highest BCUT2D eigenvalue weighted by Gasteiger charge is 2.82. The van der Waals surface area contributed by atoms with E-state index in [0.29, 0.717) is 23.0 Å². The molecule has 6 aliphatic rings. The largest absolute Gasteiger partial charge is 0.481 e. The van der Waals surface area contributed by atoms with Crippen molar-refractivity contribution in [3.63, 3.8) is 0 Å². The van der Waals surface area contributed by atoms with Gasteiger partial charge in [-0.2, -0.15) is 0 Å². The normalized spacial score (nSPS) is 62.5. The maximum Gasteiger partial charge on any atom is 0.309 e. The SMILES string of the molecule is CC1(C(=O)O)CCCC2(C)C3C(=O)C4C5CC3(CCC12)CC54C. The second-order valence-electron chi connectivity index (χ2n) is 10.3. The first-order chi connectivity index (χ1) is 10.7. The lowest BCUT2D eigenvalue weighted by atomic mass is 9.39. The zero-order valence-electron chi connectivity index (χ0n) is 14.5. The summed E-state index contributed by atoms with van der Waals surface area (Å²) < 4.78 is 0. The Morgan fingerprint density at radius 3 is 2.48 bits per heavy atom. The number of aliphatic carboxylic acids is 1. The van der Waals surface area contributed by atoms with Crippen molar-refractivity contribution in [3.05, 3.63) is 0 Å². The molecule has 0 aromatic carbocycles. The zero-order chi connectivity index (χ0) is 16.4. The molecule has 6 rings (SSSR count). The molecule has 0 radical (unpaired) electrons. The van der Waals surface area contributed by atoms with Crippen LogP contribution in [0.5, 0.6) is 0 Å². The monoisotopic (exact) mass is 316 g/mol. The van der Waals surface area contributed by atoms with Crippen molar-refractivity contribution in [2.75, 3.05) is 0 Å². The molecule has 0 aliphatic heterocycles. The fourth-order valence-corrected chi connectivity index (χ4v) is 8.70. The summed E-state index contributed by atoms with van der Waals surface area (Å²) in [4.78, 5) is 25.4. The van der Waals surface area contributed by atoms with Crippen molar-refractivity contribution in [1.82, 2.24) is 0 Å². The van der Waals surface area contributed by atoms with Gasteiger partial charge >= 0.3 is 5.97 Å². The van der Waals surface area contributed by atoms with Gasteiger partial charge in [0.1, 0.15) is 5.78 Å². The molecule has 8 atom stereocenters. The summed E-state index contributed by atoms with van der Waals surface area (Å²) in [5.74, 6) is 1.16. The van der Waals surface area contributed by atoms with Crippen molar-refractivity contribution in [1.29, 1.82) is 0 Å². The summed E-state index contributed by atoms with van der Waals surface area (Å²) >= 11 is 0. The third kappa shape index (κ3) is 1.34. The maximum absolute atomic E-state index is 13.3. The van der Waals surface area contributed by atoms with Crippen LogP contribution in [0.1, 0.15) is 65.7 Å². The van der Waals surface area contributed by atoms with E-state index in [1.54, 1.807) is 0 Å². The number of hydrogen-bond acceptors (Lipinski definition) is 2. The molecular weight excluding hydrogens is 288 g/mol. The van der Waals surface area contributed by atoms with E-state index in [1.165, 1.54) is 12.8 Å². The molecule has 3 nitrogen and oxygen atoms in total. The number of fused-ring (bicyclic) bond motifs is 1. The van der Waals surface area contributed by atoms with Gasteiger partial charge in [-0.1, -0.05) is 20.3 Å². The molecule has 1 N–H and O–H groups in total. The molecule has 1 spiro atoms. The second-order valence-corrected chi connectivity index (χ2v) is 10.3. The van der Waals surface area contributed by atoms with Gasteiger partial charge in [-0.15, -0.1) is 0 Å². The van der Waals surface area contributed by atoms with Crippen LogP contribution in [0.4, 0.5) is 0 Å². The first-order valence-electron chi connectivity index (χ1n) is 9.46. The number of ketones is 1. The Labute approximate surface area is 138 Å². The fraction of sp³-hybridized carbons (Fsp3) is 0.900. The van der Waals surface area contributed by atoms with Crippen LogP contribution in [0.3, 0.4) is 0 Å². The lowest BCUT2D eigenvalue weighted by Crippen LogP contribution is -2.62. The minimum Gasteiger partial charge on any atom is -0.481 e. The summed E-state index contributed by atoms with van der Waals surface area (Å²) in [5, 5.41) is 9.90. The molecule has 0 heterocycles. The topological polar surface area (TPSA) is 54.4 Å². The molecule has 6 saturated carbocycles. The Kier molecular flexibility index (Phi) is 2.33. The summed E-state index contributed by atoms with van der Waals surface area (Å²) in [6, 6.07) is 0. The van der Waals surface area contributed by atoms with Gasteiger partial charge in [-0.25, -0.2) is 0 Å². The van der Waals surface area contributed by atoms with Crippen LogP contribution >= 0.6 is 0 Å². The number of hydrogen-bond donors (Lipinski definition) is 1. The molecule has 6 fully saturated rings. The van der Waals surface area contributed by atoms with Crippen molar-refractivity contribution in [3.8, 4) is 0 Å². The quantitative estimate of drug-likeness (QED) is 0.798. The van der Waals surface area contributed by atoms with E-state index in [2.05, 4.69) is 13.8 Å². The van der Waals surface area contributed by atoms with Gasteiger partial charge in [0, 0.05) is 11.8 Å². The van der Waals surface area contributed by atoms with Crippen LogP contribution < -0.4 is 0 Å². The van der Waals surface area contributed by atoms with Gasteiger partial charge in [0.05, 0.1) is 5.41 Å². The van der Waals surface area contributed by atoms with Gasteiger partial charge in [0.25, 0.3) is 0 Å². The smallest absolute Gasteiger partial charge is 0.309 e. The van der Waals surface area contributed by atoms with Crippen LogP contribution in [-0.4, -0.2) is 16.9 Å². The second kappa shape index (κ2) is 3.70. The zero-order valence-corrected chi connectivity index (χ0v) is 14.5. The molecule has 0 saturated heterocycles.